The van der Waals surface area contributed by atoms with Gasteiger partial charge < -0.3 is 26.4 Å². The van der Waals surface area contributed by atoms with Crippen molar-refractivity contribution >= 4 is 29.1 Å². The van der Waals surface area contributed by atoms with Gasteiger partial charge in [-0.05, 0) is 36.4 Å². The number of carbonyl (C=O) groups is 3. The van der Waals surface area contributed by atoms with E-state index in [-0.39, 0.29) is 18.4 Å². The van der Waals surface area contributed by atoms with Crippen LogP contribution in [0.3, 0.4) is 0 Å². The Labute approximate surface area is 157 Å². The lowest BCUT2D eigenvalue weighted by Gasteiger charge is -2.10. The molecule has 2 aromatic carbocycles. The standard InChI is InChI=1S/C19H22N4O4/c1-27-9-8-21-19(26)14-5-3-7-16(11-14)23-17(24)12-22-15-6-2-4-13(10-15)18(20)25/h2-7,10-11,22H,8-9,12H2,1H3,(H2,20,25)(H,21,26)(H,23,24). The van der Waals surface area contributed by atoms with Crippen LogP contribution in [-0.2, 0) is 9.53 Å². The smallest absolute Gasteiger partial charge is 0.251 e. The molecule has 0 bridgehead atoms. The predicted octanol–water partition coefficient (Wildman–Crippen LogP) is 1.21. The van der Waals surface area contributed by atoms with Gasteiger partial charge in [0.05, 0.1) is 13.2 Å². The van der Waals surface area contributed by atoms with Crippen molar-refractivity contribution in [3.8, 4) is 0 Å². The van der Waals surface area contributed by atoms with Crippen molar-refractivity contribution in [3.63, 3.8) is 0 Å². The summed E-state index contributed by atoms with van der Waals surface area (Å²) in [6.07, 6.45) is 0. The van der Waals surface area contributed by atoms with Crippen LogP contribution in [0.25, 0.3) is 0 Å². The van der Waals surface area contributed by atoms with Crippen molar-refractivity contribution in [1.29, 1.82) is 0 Å². The molecular formula is C19H22N4O4. The van der Waals surface area contributed by atoms with Crippen LogP contribution in [0.1, 0.15) is 20.7 Å². The lowest BCUT2D eigenvalue weighted by atomic mass is 10.2. The van der Waals surface area contributed by atoms with Gasteiger partial charge in [-0.3, -0.25) is 14.4 Å². The number of hydrogen-bond acceptors (Lipinski definition) is 5. The highest BCUT2D eigenvalue weighted by atomic mass is 16.5. The second kappa shape index (κ2) is 9.93. The zero-order valence-electron chi connectivity index (χ0n) is 15.0. The molecule has 27 heavy (non-hydrogen) atoms. The van der Waals surface area contributed by atoms with Crippen molar-refractivity contribution in [2.24, 2.45) is 5.73 Å². The molecule has 0 aliphatic rings. The molecule has 0 heterocycles. The predicted molar refractivity (Wildman–Crippen MR) is 103 cm³/mol. The van der Waals surface area contributed by atoms with Gasteiger partial charge in [0.2, 0.25) is 11.8 Å². The molecule has 2 aromatic rings. The van der Waals surface area contributed by atoms with Gasteiger partial charge in [-0.1, -0.05) is 12.1 Å². The number of nitrogens with two attached hydrogens (primary N) is 1. The summed E-state index contributed by atoms with van der Waals surface area (Å²) in [5, 5.41) is 8.35. The Bertz CT molecular complexity index is 823. The lowest BCUT2D eigenvalue weighted by Crippen LogP contribution is -2.27. The molecule has 0 unspecified atom stereocenters. The normalized spacial score (nSPS) is 10.1. The maximum atomic E-state index is 12.1. The number of hydrogen-bond donors (Lipinski definition) is 4. The molecule has 0 fully saturated rings. The third-order valence-electron chi connectivity index (χ3n) is 3.60. The maximum absolute atomic E-state index is 12.1. The minimum Gasteiger partial charge on any atom is -0.383 e. The SMILES string of the molecule is COCCNC(=O)c1cccc(NC(=O)CNc2cccc(C(N)=O)c2)c1. The second-order valence-corrected chi connectivity index (χ2v) is 5.68. The number of carbonyl (C=O) groups excluding carboxylic acids is 3. The van der Waals surface area contributed by atoms with Crippen LogP contribution in [0.4, 0.5) is 11.4 Å². The first kappa shape index (κ1) is 19.9. The zero-order chi connectivity index (χ0) is 19.6. The molecule has 0 atom stereocenters. The Balaban J connectivity index is 1.90. The molecule has 3 amide bonds. The monoisotopic (exact) mass is 370 g/mol. The van der Waals surface area contributed by atoms with E-state index < -0.39 is 5.91 Å². The number of ether oxygens (including phenoxy) is 1. The second-order valence-electron chi connectivity index (χ2n) is 5.68. The first-order valence-corrected chi connectivity index (χ1v) is 8.30. The van der Waals surface area contributed by atoms with Crippen molar-refractivity contribution in [2.45, 2.75) is 0 Å². The van der Waals surface area contributed by atoms with E-state index in [0.29, 0.717) is 35.7 Å². The van der Waals surface area contributed by atoms with Crippen molar-refractivity contribution < 1.29 is 19.1 Å². The molecule has 0 aromatic heterocycles. The summed E-state index contributed by atoms with van der Waals surface area (Å²) in [6.45, 7) is 0.817. The van der Waals surface area contributed by atoms with Crippen LogP contribution >= 0.6 is 0 Å². The zero-order valence-corrected chi connectivity index (χ0v) is 15.0. The first-order chi connectivity index (χ1) is 13.0. The number of nitrogens with one attached hydrogen (secondary N) is 3. The van der Waals surface area contributed by atoms with E-state index in [1.165, 1.54) is 0 Å². The Hall–Kier alpha value is -3.39. The number of rotatable bonds is 9. The van der Waals surface area contributed by atoms with Crippen molar-refractivity contribution in [2.75, 3.05) is 37.4 Å². The molecule has 0 aliphatic carbocycles. The van der Waals surface area contributed by atoms with Crippen molar-refractivity contribution in [1.82, 2.24) is 5.32 Å². The molecule has 0 aliphatic heterocycles. The van der Waals surface area contributed by atoms with Crippen molar-refractivity contribution in [3.05, 3.63) is 59.7 Å². The molecule has 0 spiro atoms. The number of methoxy groups -OCH3 is 1. The molecule has 5 N–H and O–H groups in total. The first-order valence-electron chi connectivity index (χ1n) is 8.30. The fourth-order valence-electron chi connectivity index (χ4n) is 2.28. The number of amides is 3. The summed E-state index contributed by atoms with van der Waals surface area (Å²) in [4.78, 5) is 35.3. The van der Waals surface area contributed by atoms with Gasteiger partial charge >= 0.3 is 0 Å². The topological polar surface area (TPSA) is 123 Å². The van der Waals surface area contributed by atoms with E-state index >= 15 is 0 Å². The van der Waals surface area contributed by atoms with Crippen LogP contribution in [0.15, 0.2) is 48.5 Å². The summed E-state index contributed by atoms with van der Waals surface area (Å²) in [5.41, 5.74) is 7.13. The van der Waals surface area contributed by atoms with Crippen LogP contribution in [0.2, 0.25) is 0 Å². The summed E-state index contributed by atoms with van der Waals surface area (Å²) in [7, 11) is 1.56. The van der Waals surface area contributed by atoms with Crippen LogP contribution in [-0.4, -0.2) is 44.5 Å². The molecule has 0 saturated carbocycles. The van der Waals surface area contributed by atoms with Gasteiger partial charge in [-0.25, -0.2) is 0 Å². The van der Waals surface area contributed by atoms with Gasteiger partial charge in [0.15, 0.2) is 0 Å². The highest BCUT2D eigenvalue weighted by Gasteiger charge is 2.08. The molecule has 0 saturated heterocycles. The van der Waals surface area contributed by atoms with E-state index in [2.05, 4.69) is 16.0 Å². The minimum atomic E-state index is -0.538. The summed E-state index contributed by atoms with van der Waals surface area (Å²) < 4.78 is 4.88. The Kier molecular flexibility index (Phi) is 7.33. The van der Waals surface area contributed by atoms with Gasteiger partial charge in [-0.2, -0.15) is 0 Å². The molecular weight excluding hydrogens is 348 g/mol. The van der Waals surface area contributed by atoms with Crippen LogP contribution in [0, 0.1) is 0 Å². The van der Waals surface area contributed by atoms with Gasteiger partial charge in [-0.15, -0.1) is 0 Å². The maximum Gasteiger partial charge on any atom is 0.251 e. The molecule has 8 heteroatoms. The molecule has 0 radical (unpaired) electrons. The van der Waals surface area contributed by atoms with Crippen LogP contribution < -0.4 is 21.7 Å². The highest BCUT2D eigenvalue weighted by Crippen LogP contribution is 2.12. The third-order valence-corrected chi connectivity index (χ3v) is 3.60. The molecule has 142 valence electrons. The van der Waals surface area contributed by atoms with Gasteiger partial charge in [0.25, 0.3) is 5.91 Å². The lowest BCUT2D eigenvalue weighted by molar-refractivity contribution is -0.114. The third kappa shape index (κ3) is 6.44. The van der Waals surface area contributed by atoms with Gasteiger partial charge in [0, 0.05) is 36.2 Å². The minimum absolute atomic E-state index is 0.00746. The fraction of sp³-hybridized carbons (Fsp3) is 0.211. The molecule has 8 nitrogen and oxygen atoms in total. The molecule has 2 rings (SSSR count). The number of primary amides is 1. The Morgan fingerprint density at radius 1 is 1.00 bits per heavy atom. The van der Waals surface area contributed by atoms with E-state index in [4.69, 9.17) is 10.5 Å². The van der Waals surface area contributed by atoms with Crippen LogP contribution in [0.5, 0.6) is 0 Å². The number of benzene rings is 2. The quantitative estimate of drug-likeness (QED) is 0.494. The fourth-order valence-corrected chi connectivity index (χ4v) is 2.28. The average molecular weight is 370 g/mol. The highest BCUT2D eigenvalue weighted by molar-refractivity contribution is 5.98. The number of anilines is 2. The van der Waals surface area contributed by atoms with Gasteiger partial charge in [0.1, 0.15) is 0 Å². The van der Waals surface area contributed by atoms with E-state index in [1.807, 2.05) is 0 Å². The average Bonchev–Trinajstić information content (AvgIpc) is 2.67. The van der Waals surface area contributed by atoms with E-state index in [1.54, 1.807) is 55.6 Å². The van der Waals surface area contributed by atoms with E-state index in [0.717, 1.165) is 0 Å². The largest absolute Gasteiger partial charge is 0.383 e. The van der Waals surface area contributed by atoms with E-state index in [9.17, 15) is 14.4 Å². The summed E-state index contributed by atoms with van der Waals surface area (Å²) in [6, 6.07) is 13.2. The Morgan fingerprint density at radius 2 is 1.67 bits per heavy atom. The summed E-state index contributed by atoms with van der Waals surface area (Å²) >= 11 is 0. The summed E-state index contributed by atoms with van der Waals surface area (Å²) in [5.74, 6) is -1.08. The Morgan fingerprint density at radius 3 is 2.37 bits per heavy atom.